The number of nitrogens with zero attached hydrogens (tertiary/aromatic N) is 3. The second-order valence-electron chi connectivity index (χ2n) is 12.4. The summed E-state index contributed by atoms with van der Waals surface area (Å²) in [5.41, 5.74) is 10.4. The molecule has 8 rings (SSSR count). The molecular formula is C46H35N3O. The van der Waals surface area contributed by atoms with E-state index in [2.05, 4.69) is 111 Å². The summed E-state index contributed by atoms with van der Waals surface area (Å²) in [6, 6.07) is 54.1. The number of fused-ring (bicyclic) bond motifs is 3. The van der Waals surface area contributed by atoms with Crippen molar-refractivity contribution in [3.8, 4) is 34.2 Å². The molecule has 0 bridgehead atoms. The van der Waals surface area contributed by atoms with Gasteiger partial charge in [-0.1, -0.05) is 159 Å². The highest BCUT2D eigenvalue weighted by Gasteiger charge is 2.19. The highest BCUT2D eigenvalue weighted by Crippen LogP contribution is 2.39. The van der Waals surface area contributed by atoms with E-state index >= 15 is 0 Å². The zero-order valence-electron chi connectivity index (χ0n) is 28.0. The van der Waals surface area contributed by atoms with Gasteiger partial charge in [0.1, 0.15) is 11.2 Å². The first-order valence-electron chi connectivity index (χ1n) is 17.0. The molecule has 0 saturated heterocycles. The molecule has 0 saturated carbocycles. The SMILES string of the molecule is C/C=C(\C=C(\c1ccccc1)C(C)c1ccccc1)c1ccc2oc3cccc(-c4nc(-c5ccccc5)nc(-c5ccccc5)n4)c3c2c1. The number of hydrogen-bond donors (Lipinski definition) is 0. The molecule has 0 fully saturated rings. The second kappa shape index (κ2) is 13.6. The van der Waals surface area contributed by atoms with Crippen molar-refractivity contribution in [2.24, 2.45) is 0 Å². The zero-order chi connectivity index (χ0) is 33.9. The summed E-state index contributed by atoms with van der Waals surface area (Å²) in [5, 5.41) is 2.00. The van der Waals surface area contributed by atoms with Gasteiger partial charge in [0, 0.05) is 33.4 Å². The molecule has 0 aliphatic carbocycles. The molecule has 6 aromatic carbocycles. The lowest BCUT2D eigenvalue weighted by Gasteiger charge is -2.18. The Balaban J connectivity index is 1.29. The molecule has 0 aliphatic rings. The summed E-state index contributed by atoms with van der Waals surface area (Å²) in [5.74, 6) is 2.05. The molecule has 240 valence electrons. The van der Waals surface area contributed by atoms with Crippen molar-refractivity contribution in [1.29, 1.82) is 0 Å². The zero-order valence-corrected chi connectivity index (χ0v) is 28.0. The molecule has 0 N–H and O–H groups in total. The van der Waals surface area contributed by atoms with Gasteiger partial charge in [0.15, 0.2) is 17.5 Å². The van der Waals surface area contributed by atoms with Crippen molar-refractivity contribution in [3.05, 3.63) is 187 Å². The summed E-state index contributed by atoms with van der Waals surface area (Å²) < 4.78 is 6.45. The molecule has 0 amide bonds. The average molecular weight is 646 g/mol. The second-order valence-corrected chi connectivity index (χ2v) is 12.4. The highest BCUT2D eigenvalue weighted by atomic mass is 16.3. The van der Waals surface area contributed by atoms with E-state index in [1.165, 1.54) is 16.7 Å². The van der Waals surface area contributed by atoms with Crippen molar-refractivity contribution in [3.63, 3.8) is 0 Å². The summed E-state index contributed by atoms with van der Waals surface area (Å²) in [6.07, 6.45) is 4.52. The maximum absolute atomic E-state index is 6.45. The van der Waals surface area contributed by atoms with E-state index in [-0.39, 0.29) is 5.92 Å². The van der Waals surface area contributed by atoms with Crippen molar-refractivity contribution in [2.45, 2.75) is 19.8 Å². The summed E-state index contributed by atoms with van der Waals surface area (Å²) >= 11 is 0. The van der Waals surface area contributed by atoms with E-state index in [0.29, 0.717) is 17.5 Å². The minimum absolute atomic E-state index is 0.195. The third kappa shape index (κ3) is 6.04. The Kier molecular flexibility index (Phi) is 8.42. The monoisotopic (exact) mass is 645 g/mol. The molecule has 0 spiro atoms. The first-order valence-corrected chi connectivity index (χ1v) is 17.0. The maximum Gasteiger partial charge on any atom is 0.164 e. The molecule has 2 heterocycles. The fourth-order valence-electron chi connectivity index (χ4n) is 6.63. The molecule has 1 atom stereocenters. The van der Waals surface area contributed by atoms with Gasteiger partial charge in [0.25, 0.3) is 0 Å². The van der Waals surface area contributed by atoms with Gasteiger partial charge >= 0.3 is 0 Å². The van der Waals surface area contributed by atoms with Crippen molar-refractivity contribution >= 4 is 33.1 Å². The smallest absolute Gasteiger partial charge is 0.164 e. The van der Waals surface area contributed by atoms with Crippen LogP contribution >= 0.6 is 0 Å². The third-order valence-electron chi connectivity index (χ3n) is 9.26. The van der Waals surface area contributed by atoms with Crippen LogP contribution in [-0.2, 0) is 0 Å². The third-order valence-corrected chi connectivity index (χ3v) is 9.26. The van der Waals surface area contributed by atoms with Gasteiger partial charge in [-0.25, -0.2) is 15.0 Å². The number of furan rings is 1. The largest absolute Gasteiger partial charge is 0.456 e. The van der Waals surface area contributed by atoms with E-state index in [0.717, 1.165) is 49.8 Å². The molecular weight excluding hydrogens is 611 g/mol. The van der Waals surface area contributed by atoms with Crippen LogP contribution < -0.4 is 0 Å². The minimum Gasteiger partial charge on any atom is -0.456 e. The Labute approximate surface area is 292 Å². The molecule has 50 heavy (non-hydrogen) atoms. The average Bonchev–Trinajstić information content (AvgIpc) is 3.57. The van der Waals surface area contributed by atoms with E-state index in [4.69, 9.17) is 19.4 Å². The first kappa shape index (κ1) is 30.9. The lowest BCUT2D eigenvalue weighted by Crippen LogP contribution is -2.00. The number of benzene rings is 6. The van der Waals surface area contributed by atoms with Gasteiger partial charge in [0.05, 0.1) is 0 Å². The number of rotatable bonds is 8. The van der Waals surface area contributed by atoms with Crippen LogP contribution in [0.3, 0.4) is 0 Å². The Bertz CT molecular complexity index is 2430. The Morgan fingerprint density at radius 2 is 1.14 bits per heavy atom. The molecule has 4 nitrogen and oxygen atoms in total. The van der Waals surface area contributed by atoms with Gasteiger partial charge in [-0.15, -0.1) is 0 Å². The maximum atomic E-state index is 6.45. The van der Waals surface area contributed by atoms with Crippen LogP contribution in [-0.4, -0.2) is 15.0 Å². The molecule has 0 radical (unpaired) electrons. The van der Waals surface area contributed by atoms with E-state index in [1.54, 1.807) is 0 Å². The highest BCUT2D eigenvalue weighted by molar-refractivity contribution is 6.12. The van der Waals surface area contributed by atoms with Crippen molar-refractivity contribution in [2.75, 3.05) is 0 Å². The summed E-state index contributed by atoms with van der Waals surface area (Å²) in [4.78, 5) is 15.0. The van der Waals surface area contributed by atoms with Crippen LogP contribution in [0.2, 0.25) is 0 Å². The van der Waals surface area contributed by atoms with Crippen LogP contribution in [0.1, 0.15) is 36.5 Å². The molecule has 4 heteroatoms. The number of allylic oxidation sites excluding steroid dienone is 4. The van der Waals surface area contributed by atoms with E-state index < -0.39 is 0 Å². The summed E-state index contributed by atoms with van der Waals surface area (Å²) in [7, 11) is 0. The Hall–Kier alpha value is -6.39. The predicted octanol–water partition coefficient (Wildman–Crippen LogP) is 12.1. The first-order chi connectivity index (χ1) is 24.7. The summed E-state index contributed by atoms with van der Waals surface area (Å²) in [6.45, 7) is 4.38. The number of aromatic nitrogens is 3. The minimum atomic E-state index is 0.195. The number of hydrogen-bond acceptors (Lipinski definition) is 4. The van der Waals surface area contributed by atoms with Gasteiger partial charge in [-0.3, -0.25) is 0 Å². The van der Waals surface area contributed by atoms with Crippen LogP contribution in [0.5, 0.6) is 0 Å². The normalized spacial score (nSPS) is 12.8. The standard InChI is InChI=1S/C46H35N3O/c1-3-32(29-39(34-19-10-5-11-20-34)31(2)33-17-8-4-9-18-33)37-27-28-41-40(30-37)43-38(25-16-26-42(43)50-41)46-48-44(35-21-12-6-13-22-35)47-45(49-46)36-23-14-7-15-24-36/h3-31H,1-2H3/b32-3+,39-29+. The van der Waals surface area contributed by atoms with E-state index in [9.17, 15) is 0 Å². The van der Waals surface area contributed by atoms with Crippen LogP contribution in [0.15, 0.2) is 174 Å². The predicted molar refractivity (Wildman–Crippen MR) is 206 cm³/mol. The topological polar surface area (TPSA) is 51.8 Å². The van der Waals surface area contributed by atoms with Crippen LogP contribution in [0.4, 0.5) is 0 Å². The van der Waals surface area contributed by atoms with Gasteiger partial charge in [-0.05, 0) is 53.0 Å². The molecule has 8 aromatic rings. The molecule has 2 aromatic heterocycles. The van der Waals surface area contributed by atoms with Gasteiger partial charge in [0.2, 0.25) is 0 Å². The molecule has 1 unspecified atom stereocenters. The van der Waals surface area contributed by atoms with Crippen LogP contribution in [0, 0.1) is 0 Å². The van der Waals surface area contributed by atoms with Crippen molar-refractivity contribution < 1.29 is 4.42 Å². The fraction of sp³-hybridized carbons (Fsp3) is 0.0652. The van der Waals surface area contributed by atoms with Gasteiger partial charge in [-0.2, -0.15) is 0 Å². The lowest BCUT2D eigenvalue weighted by atomic mass is 9.86. The van der Waals surface area contributed by atoms with E-state index in [1.807, 2.05) is 72.8 Å². The Morgan fingerprint density at radius 3 is 1.76 bits per heavy atom. The Morgan fingerprint density at radius 1 is 0.560 bits per heavy atom. The fourth-order valence-corrected chi connectivity index (χ4v) is 6.63. The lowest BCUT2D eigenvalue weighted by molar-refractivity contribution is 0.669. The van der Waals surface area contributed by atoms with Crippen LogP contribution in [0.25, 0.3) is 67.2 Å². The quantitative estimate of drug-likeness (QED) is 0.154. The molecule has 0 aliphatic heterocycles. The van der Waals surface area contributed by atoms with Gasteiger partial charge < -0.3 is 4.42 Å². The van der Waals surface area contributed by atoms with Crippen molar-refractivity contribution in [1.82, 2.24) is 15.0 Å².